The summed E-state index contributed by atoms with van der Waals surface area (Å²) in [6.07, 6.45) is 2.72. The molecule has 13 heavy (non-hydrogen) atoms. The van der Waals surface area contributed by atoms with Crippen molar-refractivity contribution in [3.05, 3.63) is 0 Å². The molecule has 0 spiro atoms. The maximum atomic E-state index is 2.33. The molecule has 0 aromatic heterocycles. The third-order valence-electron chi connectivity index (χ3n) is 1.88. The van der Waals surface area contributed by atoms with Gasteiger partial charge in [-0.05, 0) is 11.8 Å². The van der Waals surface area contributed by atoms with Crippen LogP contribution in [-0.4, -0.2) is 0 Å². The predicted molar refractivity (Wildman–Crippen MR) is 68.3 cm³/mol. The molecule has 0 aliphatic carbocycles. The minimum Gasteiger partial charge on any atom is -0.0776 e. The Morgan fingerprint density at radius 1 is 0.846 bits per heavy atom. The first kappa shape index (κ1) is 23.1. The van der Waals surface area contributed by atoms with Crippen LogP contribution in [0.4, 0.5) is 0 Å². The van der Waals surface area contributed by atoms with Crippen molar-refractivity contribution in [1.29, 1.82) is 0 Å². The van der Waals surface area contributed by atoms with Crippen LogP contribution in [0, 0.1) is 11.8 Å². The molecule has 0 saturated heterocycles. The van der Waals surface area contributed by atoms with Gasteiger partial charge in [0.05, 0.1) is 0 Å². The third kappa shape index (κ3) is 24.5. The van der Waals surface area contributed by atoms with Gasteiger partial charge in [0, 0.05) is 0 Å². The SMILES string of the molecule is C.CC.CC.CCCC(C)C(C)C. The van der Waals surface area contributed by atoms with Crippen LogP contribution in [0.5, 0.6) is 0 Å². The lowest BCUT2D eigenvalue weighted by atomic mass is 9.94. The lowest BCUT2D eigenvalue weighted by Gasteiger charge is -2.12. The summed E-state index contributed by atoms with van der Waals surface area (Å²) in [5, 5.41) is 0. The zero-order chi connectivity index (χ0) is 10.6. The maximum Gasteiger partial charge on any atom is -0.0420 e. The fourth-order valence-corrected chi connectivity index (χ4v) is 0.789. The molecule has 0 heterocycles. The van der Waals surface area contributed by atoms with Gasteiger partial charge in [0.2, 0.25) is 0 Å². The second-order valence-corrected chi connectivity index (χ2v) is 3.01. The molecule has 0 aromatic carbocycles. The Hall–Kier alpha value is 0. The average molecular weight is 190 g/mol. The first-order chi connectivity index (χ1) is 5.68. The van der Waals surface area contributed by atoms with Crippen LogP contribution in [0.3, 0.4) is 0 Å². The van der Waals surface area contributed by atoms with Crippen molar-refractivity contribution in [1.82, 2.24) is 0 Å². The lowest BCUT2D eigenvalue weighted by molar-refractivity contribution is 0.389. The minimum atomic E-state index is 0. The molecule has 0 aliphatic rings. The molecular formula is C13H34. The van der Waals surface area contributed by atoms with Crippen molar-refractivity contribution >= 4 is 0 Å². The van der Waals surface area contributed by atoms with Crippen LogP contribution in [0.25, 0.3) is 0 Å². The highest BCUT2D eigenvalue weighted by Gasteiger charge is 2.03. The maximum absolute atomic E-state index is 2.33. The van der Waals surface area contributed by atoms with E-state index in [-0.39, 0.29) is 7.43 Å². The number of rotatable bonds is 3. The van der Waals surface area contributed by atoms with Crippen molar-refractivity contribution in [2.24, 2.45) is 11.8 Å². The van der Waals surface area contributed by atoms with E-state index in [1.54, 1.807) is 0 Å². The van der Waals surface area contributed by atoms with Gasteiger partial charge in [0.1, 0.15) is 0 Å². The van der Waals surface area contributed by atoms with E-state index >= 15 is 0 Å². The summed E-state index contributed by atoms with van der Waals surface area (Å²) in [4.78, 5) is 0. The van der Waals surface area contributed by atoms with Crippen LogP contribution in [-0.2, 0) is 0 Å². The summed E-state index contributed by atoms with van der Waals surface area (Å²) in [6.45, 7) is 17.2. The van der Waals surface area contributed by atoms with Crippen LogP contribution in [0.1, 0.15) is 75.7 Å². The standard InChI is InChI=1S/C8H18.2C2H6.CH4/c1-5-6-8(4)7(2)3;2*1-2;/h7-8H,5-6H2,1-4H3;2*1-2H3;1H4. The smallest absolute Gasteiger partial charge is 0.0420 e. The molecule has 0 N–H and O–H groups in total. The highest BCUT2D eigenvalue weighted by molar-refractivity contribution is 4.54. The lowest BCUT2D eigenvalue weighted by Crippen LogP contribution is -2.02. The van der Waals surface area contributed by atoms with E-state index in [0.717, 1.165) is 11.8 Å². The van der Waals surface area contributed by atoms with Crippen LogP contribution in [0.15, 0.2) is 0 Å². The van der Waals surface area contributed by atoms with Gasteiger partial charge < -0.3 is 0 Å². The van der Waals surface area contributed by atoms with E-state index in [0.29, 0.717) is 0 Å². The van der Waals surface area contributed by atoms with E-state index in [4.69, 9.17) is 0 Å². The molecule has 0 aromatic rings. The molecule has 0 heteroatoms. The van der Waals surface area contributed by atoms with Crippen LogP contribution >= 0.6 is 0 Å². The largest absolute Gasteiger partial charge is 0.0776 e. The van der Waals surface area contributed by atoms with E-state index in [1.807, 2.05) is 27.7 Å². The summed E-state index contributed by atoms with van der Waals surface area (Å²) >= 11 is 0. The molecule has 0 saturated carbocycles. The molecule has 0 bridgehead atoms. The molecule has 0 radical (unpaired) electrons. The predicted octanol–water partition coefficient (Wildman–Crippen LogP) is 5.77. The molecule has 1 unspecified atom stereocenters. The molecule has 0 fully saturated rings. The van der Waals surface area contributed by atoms with Gasteiger partial charge >= 0.3 is 0 Å². The van der Waals surface area contributed by atoms with Crippen molar-refractivity contribution in [2.75, 3.05) is 0 Å². The Labute approximate surface area is 88.1 Å². The Balaban J connectivity index is -0.0000000712. The molecule has 0 nitrogen and oxygen atoms in total. The molecule has 86 valence electrons. The number of hydrogen-bond acceptors (Lipinski definition) is 0. The highest BCUT2D eigenvalue weighted by atomic mass is 14.1. The zero-order valence-electron chi connectivity index (χ0n) is 10.6. The minimum absolute atomic E-state index is 0. The third-order valence-corrected chi connectivity index (χ3v) is 1.88. The zero-order valence-corrected chi connectivity index (χ0v) is 10.6. The summed E-state index contributed by atoms with van der Waals surface area (Å²) in [5.74, 6) is 1.79. The van der Waals surface area contributed by atoms with E-state index < -0.39 is 0 Å². The summed E-state index contributed by atoms with van der Waals surface area (Å²) in [5.41, 5.74) is 0. The van der Waals surface area contributed by atoms with E-state index in [9.17, 15) is 0 Å². The van der Waals surface area contributed by atoms with Gasteiger partial charge in [0.25, 0.3) is 0 Å². The van der Waals surface area contributed by atoms with Gasteiger partial charge in [-0.15, -0.1) is 0 Å². The second kappa shape index (κ2) is 22.7. The Kier molecular flexibility index (Phi) is 40.3. The second-order valence-electron chi connectivity index (χ2n) is 3.01. The fraction of sp³-hybridized carbons (Fsp3) is 1.00. The van der Waals surface area contributed by atoms with Crippen molar-refractivity contribution in [2.45, 2.75) is 75.7 Å². The van der Waals surface area contributed by atoms with Crippen LogP contribution in [0.2, 0.25) is 0 Å². The van der Waals surface area contributed by atoms with E-state index in [1.165, 1.54) is 12.8 Å². The molecule has 0 amide bonds. The quantitative estimate of drug-likeness (QED) is 0.530. The number of hydrogen-bond donors (Lipinski definition) is 0. The van der Waals surface area contributed by atoms with Crippen molar-refractivity contribution in [3.8, 4) is 0 Å². The first-order valence-corrected chi connectivity index (χ1v) is 5.68. The molecule has 1 atom stereocenters. The van der Waals surface area contributed by atoms with Gasteiger partial charge in [-0.2, -0.15) is 0 Å². The summed E-state index contributed by atoms with van der Waals surface area (Å²) < 4.78 is 0. The van der Waals surface area contributed by atoms with Gasteiger partial charge in [-0.3, -0.25) is 0 Å². The molecular weight excluding hydrogens is 156 g/mol. The van der Waals surface area contributed by atoms with E-state index in [2.05, 4.69) is 27.7 Å². The highest BCUT2D eigenvalue weighted by Crippen LogP contribution is 2.14. The Morgan fingerprint density at radius 2 is 1.15 bits per heavy atom. The normalized spacial score (nSPS) is 9.92. The van der Waals surface area contributed by atoms with Crippen molar-refractivity contribution < 1.29 is 0 Å². The average Bonchev–Trinajstić information content (AvgIpc) is 2.12. The molecule has 0 aliphatic heterocycles. The topological polar surface area (TPSA) is 0 Å². The van der Waals surface area contributed by atoms with Crippen LogP contribution < -0.4 is 0 Å². The fourth-order valence-electron chi connectivity index (χ4n) is 0.789. The first-order valence-electron chi connectivity index (χ1n) is 5.68. The Bertz CT molecular complexity index is 46.0. The van der Waals surface area contributed by atoms with Gasteiger partial charge in [0.15, 0.2) is 0 Å². The van der Waals surface area contributed by atoms with Gasteiger partial charge in [-0.25, -0.2) is 0 Å². The monoisotopic (exact) mass is 190 g/mol. The van der Waals surface area contributed by atoms with Crippen molar-refractivity contribution in [3.63, 3.8) is 0 Å². The summed E-state index contributed by atoms with van der Waals surface area (Å²) in [6, 6.07) is 0. The molecule has 0 rings (SSSR count). The van der Waals surface area contributed by atoms with Gasteiger partial charge in [-0.1, -0.05) is 75.7 Å². The Morgan fingerprint density at radius 3 is 1.23 bits per heavy atom. The summed E-state index contributed by atoms with van der Waals surface area (Å²) in [7, 11) is 0.